The largest absolute Gasteiger partial charge is 0.461 e. The number of urea groups is 1. The second-order valence-electron chi connectivity index (χ2n) is 25.9. The fourth-order valence-electron chi connectivity index (χ4n) is 12.6. The first-order valence-electron chi connectivity index (χ1n) is 33.6. The molecule has 0 saturated carbocycles. The summed E-state index contributed by atoms with van der Waals surface area (Å²) in [6, 6.07) is 23.4. The number of aliphatic hydroxyl groups excluding tert-OH is 4. The minimum Gasteiger partial charge on any atom is -0.461 e. The molecule has 9 rings (SSSR count). The molecule has 6 aromatic rings. The Balaban J connectivity index is 0.815. The molecule has 0 spiro atoms. The Hall–Kier alpha value is -8.91. The van der Waals surface area contributed by atoms with Gasteiger partial charge in [-0.25, -0.2) is 14.4 Å². The third-order valence-corrected chi connectivity index (χ3v) is 19.9. The van der Waals surface area contributed by atoms with Gasteiger partial charge in [-0.3, -0.25) is 28.8 Å². The number of primary amides is 1. The number of thiophene rings is 1. The van der Waals surface area contributed by atoms with Crippen LogP contribution in [-0.4, -0.2) is 204 Å². The number of ether oxygens (including phenoxy) is 4. The molecule has 0 radical (unpaired) electrons. The summed E-state index contributed by atoms with van der Waals surface area (Å²) < 4.78 is 23.7. The molecule has 28 nitrogen and oxygen atoms in total. The summed E-state index contributed by atoms with van der Waals surface area (Å²) in [5.41, 5.74) is 14.2. The zero-order chi connectivity index (χ0) is 73.6. The average molecular weight is 1470 g/mol. The van der Waals surface area contributed by atoms with Crippen molar-refractivity contribution in [2.75, 3.05) is 86.8 Å². The van der Waals surface area contributed by atoms with Gasteiger partial charge in [-0.15, -0.1) is 34.5 Å². The van der Waals surface area contributed by atoms with Crippen LogP contribution in [0.4, 0.5) is 31.4 Å². The van der Waals surface area contributed by atoms with Crippen LogP contribution in [-0.2, 0) is 35.3 Å². The van der Waals surface area contributed by atoms with E-state index in [0.717, 1.165) is 22.5 Å². The highest BCUT2D eigenvalue weighted by Gasteiger charge is 2.42. The molecule has 31 heteroatoms. The summed E-state index contributed by atoms with van der Waals surface area (Å²) in [4.78, 5) is 127. The summed E-state index contributed by atoms with van der Waals surface area (Å²) in [6.45, 7) is 5.13. The number of rotatable bonds is 28. The van der Waals surface area contributed by atoms with E-state index in [1.54, 1.807) is 96.4 Å². The highest BCUT2D eigenvalue weighted by atomic mass is 35.5. The molecule has 13 N–H and O–H groups in total. The molecule has 3 aliphatic rings. The van der Waals surface area contributed by atoms with E-state index in [1.807, 2.05) is 24.3 Å². The fraction of sp³-hybridized carbons (Fsp3) is 0.451. The van der Waals surface area contributed by atoms with Gasteiger partial charge in [-0.05, 0) is 96.3 Å². The van der Waals surface area contributed by atoms with Gasteiger partial charge in [0, 0.05) is 112 Å². The van der Waals surface area contributed by atoms with Gasteiger partial charge in [-0.2, -0.15) is 0 Å². The van der Waals surface area contributed by atoms with Crippen molar-refractivity contribution >= 4 is 127 Å². The van der Waals surface area contributed by atoms with Gasteiger partial charge in [0.15, 0.2) is 0 Å². The SMILES string of the molecule is CC(=O)N[C@@H](CCCCN)C(=O)N[C@H](C(=O)N[C@@H](CCCNC(N)=O)C(=O)Nc1ccc(COC(=O)N(C)CCN(C)C(=O)Oc2cc3c(c4ccccc24)[C@H](CCl)CN3C(=O)c2ccc(C(=O)N3C[C@@H](CCl)c4c3cc(O[C@@H]3OCC(O)C[C@H](O)C(O)[C@@H]3O)c3ccccc43)s2)cc1)C(C)C. The quantitative estimate of drug-likeness (QED) is 0.0200. The van der Waals surface area contributed by atoms with Crippen LogP contribution in [0, 0.1) is 5.92 Å². The molecule has 0 bridgehead atoms. The van der Waals surface area contributed by atoms with E-state index >= 15 is 0 Å². The molecule has 2 unspecified atom stereocenters. The number of carbonyl (C=O) groups excluding carboxylic acids is 9. The zero-order valence-corrected chi connectivity index (χ0v) is 59.4. The number of carbonyl (C=O) groups is 9. The van der Waals surface area contributed by atoms with Crippen molar-refractivity contribution in [2.45, 2.75) is 127 Å². The first kappa shape index (κ1) is 77.3. The number of unbranched alkanes of at least 4 members (excludes halogenated alkanes) is 1. The number of alkyl halides is 2. The number of fused-ring (bicyclic) bond motifs is 6. The molecule has 1 saturated heterocycles. The van der Waals surface area contributed by atoms with Crippen LogP contribution < -0.4 is 57.3 Å². The molecule has 10 atom stereocenters. The monoisotopic (exact) mass is 1470 g/mol. The van der Waals surface area contributed by atoms with Crippen LogP contribution in [0.3, 0.4) is 0 Å². The predicted octanol–water partition coefficient (Wildman–Crippen LogP) is 5.93. The number of nitrogens with zero attached hydrogens (tertiary/aromatic N) is 4. The minimum atomic E-state index is -1.72. The first-order valence-corrected chi connectivity index (χ1v) is 35.5. The maximum Gasteiger partial charge on any atom is 0.415 e. The highest BCUT2D eigenvalue weighted by Crippen LogP contribution is 2.49. The predicted molar refractivity (Wildman–Crippen MR) is 384 cm³/mol. The molecule has 548 valence electrons. The number of anilines is 3. The molecular weight excluding hydrogens is 1380 g/mol. The molecule has 10 amide bonds. The number of halogens is 2. The third kappa shape index (κ3) is 18.7. The van der Waals surface area contributed by atoms with Crippen LogP contribution >= 0.6 is 34.5 Å². The van der Waals surface area contributed by atoms with Gasteiger partial charge in [0.2, 0.25) is 29.9 Å². The minimum absolute atomic E-state index is 0.00776. The Morgan fingerprint density at radius 2 is 1.23 bits per heavy atom. The number of likely N-dealkylation sites (N-methyl/N-ethyl adjacent to an activating group) is 2. The standard InChI is InChI=1S/C71H87Cl2N11O17S/c1-38(2)60(80-64(91)49(77-39(3)85)17-10-11-25-74)65(92)79-50(18-12-26-76-69(75)95)63(90)78-43-21-19-40(20-22-43)36-99-70(96)81(4)27-28-82(5)71(97)101-55-31-52-59(48-16-9-7-14-46(48)55)42(33-73)35-84(52)67(94)57-24-23-56(102-57)66(93)83-34-41(32-72)58-47-15-8-6-13-45(47)54(30-51(58)83)100-68-62(89)61(88)53(87)29-44(86)37-98-68/h6-9,13-16,19-24,30-31,38,41-42,44,49-50,53,60-62,68,86-89H,10-12,17-18,25-29,32-37,74H2,1-5H3,(H,77,85)(H,78,90)(H,79,92)(H,80,91)(H3,75,76,95)/t41-,42-,44?,49+,50+,53+,60+,61?,62+,68+/m1/s1. The number of hydrogen-bond donors (Lipinski definition) is 11. The van der Waals surface area contributed by atoms with E-state index < -0.39 is 108 Å². The second-order valence-corrected chi connectivity index (χ2v) is 27.6. The fourth-order valence-corrected chi connectivity index (χ4v) is 14.0. The maximum atomic E-state index is 14.8. The normalized spacial score (nSPS) is 19.5. The summed E-state index contributed by atoms with van der Waals surface area (Å²) >= 11 is 14.3. The van der Waals surface area contributed by atoms with Gasteiger partial charge in [0.25, 0.3) is 11.8 Å². The lowest BCUT2D eigenvalue weighted by Gasteiger charge is -2.34. The van der Waals surface area contributed by atoms with Crippen LogP contribution in [0.5, 0.6) is 11.5 Å². The van der Waals surface area contributed by atoms with Gasteiger partial charge in [-0.1, -0.05) is 74.5 Å². The summed E-state index contributed by atoms with van der Waals surface area (Å²) in [6.07, 6.45) is -7.48. The van der Waals surface area contributed by atoms with Crippen molar-refractivity contribution in [3.05, 3.63) is 124 Å². The smallest absolute Gasteiger partial charge is 0.415 e. The van der Waals surface area contributed by atoms with E-state index in [4.69, 9.17) is 53.6 Å². The van der Waals surface area contributed by atoms with Crippen LogP contribution in [0.1, 0.15) is 107 Å². The number of benzene rings is 5. The zero-order valence-electron chi connectivity index (χ0n) is 57.1. The van der Waals surface area contributed by atoms with E-state index in [1.165, 1.54) is 30.8 Å². The van der Waals surface area contributed by atoms with Crippen molar-refractivity contribution in [1.82, 2.24) is 31.1 Å². The van der Waals surface area contributed by atoms with Crippen molar-refractivity contribution in [2.24, 2.45) is 17.4 Å². The van der Waals surface area contributed by atoms with E-state index in [2.05, 4.69) is 26.6 Å². The van der Waals surface area contributed by atoms with Crippen LogP contribution in [0.15, 0.2) is 97.1 Å². The molecule has 102 heavy (non-hydrogen) atoms. The second kappa shape index (κ2) is 35.3. The molecule has 5 aromatic carbocycles. The molecule has 4 heterocycles. The maximum absolute atomic E-state index is 14.8. The summed E-state index contributed by atoms with van der Waals surface area (Å²) in [7, 11) is 3.00. The van der Waals surface area contributed by atoms with Gasteiger partial charge in [0.1, 0.15) is 48.4 Å². The van der Waals surface area contributed by atoms with Crippen molar-refractivity contribution < 1.29 is 82.5 Å². The molecule has 0 aliphatic carbocycles. The lowest BCUT2D eigenvalue weighted by atomic mass is 9.95. The van der Waals surface area contributed by atoms with Crippen molar-refractivity contribution in [1.29, 1.82) is 0 Å². The summed E-state index contributed by atoms with van der Waals surface area (Å²) in [5, 5.41) is 58.6. The molecule has 3 aliphatic heterocycles. The molecule has 1 fully saturated rings. The first-order chi connectivity index (χ1) is 48.8. The lowest BCUT2D eigenvalue weighted by Crippen LogP contribution is -2.57. The average Bonchev–Trinajstić information content (AvgIpc) is 1.56. The Morgan fingerprint density at radius 1 is 0.676 bits per heavy atom. The van der Waals surface area contributed by atoms with Gasteiger partial charge >= 0.3 is 18.2 Å². The van der Waals surface area contributed by atoms with Gasteiger partial charge in [0.05, 0.1) is 39.9 Å². The lowest BCUT2D eigenvalue weighted by molar-refractivity contribution is -0.215. The third-order valence-electron chi connectivity index (χ3n) is 18.0. The van der Waals surface area contributed by atoms with Crippen LogP contribution in [0.25, 0.3) is 21.5 Å². The van der Waals surface area contributed by atoms with E-state index in [9.17, 15) is 63.6 Å². The number of aliphatic hydroxyl groups is 4. The number of nitrogens with one attached hydrogen (secondary N) is 5. The van der Waals surface area contributed by atoms with E-state index in [-0.39, 0.29) is 110 Å². The Kier molecular flexibility index (Phi) is 26.7. The van der Waals surface area contributed by atoms with Crippen molar-refractivity contribution in [3.8, 4) is 11.5 Å². The Bertz CT molecular complexity index is 4040. The number of amides is 10. The Labute approximate surface area is 603 Å². The number of nitrogens with two attached hydrogens (primary N) is 2. The summed E-state index contributed by atoms with van der Waals surface area (Å²) in [5.74, 6) is -3.58. The molecule has 1 aromatic heterocycles. The van der Waals surface area contributed by atoms with Crippen LogP contribution in [0.2, 0.25) is 0 Å². The highest BCUT2D eigenvalue weighted by molar-refractivity contribution is 7.16. The van der Waals surface area contributed by atoms with E-state index in [0.29, 0.717) is 70.0 Å². The number of hydrogen-bond acceptors (Lipinski definition) is 19. The Morgan fingerprint density at radius 3 is 1.78 bits per heavy atom. The van der Waals surface area contributed by atoms with Gasteiger partial charge < -0.3 is 97.0 Å². The topological polar surface area (TPSA) is 397 Å². The van der Waals surface area contributed by atoms with Crippen molar-refractivity contribution in [3.63, 3.8) is 0 Å². The molecular formula is C71H87Cl2N11O17S.